The molecule has 2 N–H and O–H groups in total. The highest BCUT2D eigenvalue weighted by Crippen LogP contribution is 2.21. The smallest absolute Gasteiger partial charge is 0.126 e. The van der Waals surface area contributed by atoms with Gasteiger partial charge < -0.3 is 15.0 Å². The van der Waals surface area contributed by atoms with E-state index in [1.807, 2.05) is 11.5 Å². The number of nitrogens with two attached hydrogens (primary N) is 1. The summed E-state index contributed by atoms with van der Waals surface area (Å²) in [4.78, 5) is 4.13. The number of nitrogen functional groups attached to an aromatic ring is 1. The molecule has 0 radical (unpaired) electrons. The van der Waals surface area contributed by atoms with Gasteiger partial charge in [-0.2, -0.15) is 0 Å². The van der Waals surface area contributed by atoms with Crippen molar-refractivity contribution in [2.75, 3.05) is 12.3 Å². The summed E-state index contributed by atoms with van der Waals surface area (Å²) in [5.74, 6) is 0.752. The topological polar surface area (TPSA) is 53.1 Å². The van der Waals surface area contributed by atoms with Gasteiger partial charge in [-0.3, -0.25) is 0 Å². The Labute approximate surface area is 84.1 Å². The summed E-state index contributed by atoms with van der Waals surface area (Å²) in [5.41, 5.74) is 6.71. The molecule has 4 heteroatoms. The van der Waals surface area contributed by atoms with Crippen molar-refractivity contribution in [3.8, 4) is 0 Å². The van der Waals surface area contributed by atoms with Gasteiger partial charge in [-0.1, -0.05) is 0 Å². The fraction of sp³-hybridized carbons (Fsp3) is 0.700. The molecule has 0 bridgehead atoms. The highest BCUT2D eigenvalue weighted by Gasteiger charge is 2.17. The number of imidazole rings is 1. The molecule has 1 saturated carbocycles. The Balaban J connectivity index is 1.76. The third-order valence-corrected chi connectivity index (χ3v) is 2.81. The second-order valence-corrected chi connectivity index (χ2v) is 3.83. The molecule has 1 aromatic heterocycles. The lowest BCUT2D eigenvalue weighted by molar-refractivity contribution is -0.00117. The normalized spacial score (nSPS) is 16.9. The highest BCUT2D eigenvalue weighted by atomic mass is 16.5. The summed E-state index contributed by atoms with van der Waals surface area (Å²) in [7, 11) is 0. The van der Waals surface area contributed by atoms with Crippen molar-refractivity contribution in [3.63, 3.8) is 0 Å². The third kappa shape index (κ3) is 1.90. The van der Waals surface area contributed by atoms with E-state index in [-0.39, 0.29) is 0 Å². The van der Waals surface area contributed by atoms with Crippen LogP contribution in [0.3, 0.4) is 0 Å². The first-order valence-corrected chi connectivity index (χ1v) is 5.16. The van der Waals surface area contributed by atoms with E-state index in [0.717, 1.165) is 24.7 Å². The van der Waals surface area contributed by atoms with E-state index in [1.54, 1.807) is 6.33 Å². The van der Waals surface area contributed by atoms with Crippen molar-refractivity contribution < 1.29 is 4.74 Å². The number of nitrogens with zero attached hydrogens (tertiary/aromatic N) is 2. The Morgan fingerprint density at radius 1 is 1.64 bits per heavy atom. The van der Waals surface area contributed by atoms with Crippen molar-refractivity contribution in [2.24, 2.45) is 0 Å². The van der Waals surface area contributed by atoms with Gasteiger partial charge in [0.25, 0.3) is 0 Å². The van der Waals surface area contributed by atoms with E-state index in [9.17, 15) is 0 Å². The number of aromatic nitrogens is 2. The molecule has 14 heavy (non-hydrogen) atoms. The average Bonchev–Trinajstić information content (AvgIpc) is 2.40. The van der Waals surface area contributed by atoms with Gasteiger partial charge in [-0.15, -0.1) is 0 Å². The van der Waals surface area contributed by atoms with Crippen LogP contribution in [0.25, 0.3) is 0 Å². The molecule has 0 aromatic carbocycles. The van der Waals surface area contributed by atoms with E-state index in [4.69, 9.17) is 10.5 Å². The molecule has 78 valence electrons. The summed E-state index contributed by atoms with van der Waals surface area (Å²) in [6, 6.07) is 0. The Hall–Kier alpha value is -1.03. The van der Waals surface area contributed by atoms with Crippen LogP contribution in [0.4, 0.5) is 5.82 Å². The zero-order chi connectivity index (χ0) is 9.97. The zero-order valence-electron chi connectivity index (χ0n) is 8.57. The Morgan fingerprint density at radius 2 is 2.43 bits per heavy atom. The Morgan fingerprint density at radius 3 is 2.93 bits per heavy atom. The van der Waals surface area contributed by atoms with Crippen molar-refractivity contribution in [3.05, 3.63) is 12.0 Å². The minimum Gasteiger partial charge on any atom is -0.384 e. The van der Waals surface area contributed by atoms with E-state index in [1.165, 1.54) is 19.3 Å². The van der Waals surface area contributed by atoms with Crippen molar-refractivity contribution in [2.45, 2.75) is 38.8 Å². The highest BCUT2D eigenvalue weighted by molar-refractivity contribution is 5.34. The molecule has 0 spiro atoms. The summed E-state index contributed by atoms with van der Waals surface area (Å²) in [6.45, 7) is 3.46. The largest absolute Gasteiger partial charge is 0.384 e. The number of ether oxygens (including phenoxy) is 1. The molecular weight excluding hydrogens is 178 g/mol. The van der Waals surface area contributed by atoms with Crippen LogP contribution in [0, 0.1) is 6.92 Å². The summed E-state index contributed by atoms with van der Waals surface area (Å²) in [5, 5.41) is 0. The molecule has 1 aliphatic carbocycles. The third-order valence-electron chi connectivity index (χ3n) is 2.81. The first-order valence-electron chi connectivity index (χ1n) is 5.16. The van der Waals surface area contributed by atoms with Gasteiger partial charge in [0, 0.05) is 6.54 Å². The molecule has 0 amide bonds. The predicted molar refractivity (Wildman–Crippen MR) is 55.0 cm³/mol. The number of hydrogen-bond acceptors (Lipinski definition) is 3. The maximum absolute atomic E-state index is 5.81. The first-order chi connectivity index (χ1) is 6.77. The Kier molecular flexibility index (Phi) is 2.72. The Bertz CT molecular complexity index is 304. The maximum atomic E-state index is 5.81. The fourth-order valence-corrected chi connectivity index (χ4v) is 1.53. The van der Waals surface area contributed by atoms with Gasteiger partial charge >= 0.3 is 0 Å². The monoisotopic (exact) mass is 195 g/mol. The minimum atomic E-state index is 0.501. The number of rotatable bonds is 4. The molecule has 0 unspecified atom stereocenters. The summed E-state index contributed by atoms with van der Waals surface area (Å²) >= 11 is 0. The van der Waals surface area contributed by atoms with Gasteiger partial charge in [-0.25, -0.2) is 4.98 Å². The van der Waals surface area contributed by atoms with Gasteiger partial charge in [0.05, 0.1) is 24.7 Å². The lowest BCUT2D eigenvalue weighted by atomic mass is 9.96. The molecule has 1 aromatic rings. The predicted octanol–water partition coefficient (Wildman–Crippen LogP) is 1.34. The zero-order valence-corrected chi connectivity index (χ0v) is 8.57. The first kappa shape index (κ1) is 9.52. The van der Waals surface area contributed by atoms with E-state index in [2.05, 4.69) is 4.98 Å². The molecule has 4 nitrogen and oxygen atoms in total. The van der Waals surface area contributed by atoms with Crippen LogP contribution in [-0.2, 0) is 11.3 Å². The number of hydrogen-bond donors (Lipinski definition) is 1. The molecule has 1 heterocycles. The van der Waals surface area contributed by atoms with Crippen LogP contribution in [0.2, 0.25) is 0 Å². The lowest BCUT2D eigenvalue weighted by Gasteiger charge is -2.25. The quantitative estimate of drug-likeness (QED) is 0.788. The molecule has 1 fully saturated rings. The summed E-state index contributed by atoms with van der Waals surface area (Å²) < 4.78 is 7.58. The molecule has 0 aliphatic heterocycles. The van der Waals surface area contributed by atoms with E-state index in [0.29, 0.717) is 6.10 Å². The van der Waals surface area contributed by atoms with E-state index >= 15 is 0 Å². The molecule has 0 saturated heterocycles. The van der Waals surface area contributed by atoms with Crippen LogP contribution in [0.15, 0.2) is 6.33 Å². The second kappa shape index (κ2) is 4.00. The summed E-state index contributed by atoms with van der Waals surface area (Å²) in [6.07, 6.45) is 6.03. The minimum absolute atomic E-state index is 0.501. The second-order valence-electron chi connectivity index (χ2n) is 3.83. The van der Waals surface area contributed by atoms with Crippen LogP contribution >= 0.6 is 0 Å². The SMILES string of the molecule is Cc1ncn(CCOC2CCC2)c1N. The van der Waals surface area contributed by atoms with Crippen LogP contribution in [0.5, 0.6) is 0 Å². The maximum Gasteiger partial charge on any atom is 0.126 e. The van der Waals surface area contributed by atoms with Gasteiger partial charge in [0.1, 0.15) is 5.82 Å². The van der Waals surface area contributed by atoms with Crippen molar-refractivity contribution in [1.29, 1.82) is 0 Å². The van der Waals surface area contributed by atoms with Gasteiger partial charge in [0.2, 0.25) is 0 Å². The average molecular weight is 195 g/mol. The van der Waals surface area contributed by atoms with Gasteiger partial charge in [-0.05, 0) is 26.2 Å². The van der Waals surface area contributed by atoms with Gasteiger partial charge in [0.15, 0.2) is 0 Å². The molecule has 0 atom stereocenters. The number of anilines is 1. The molecular formula is C10H17N3O. The van der Waals surface area contributed by atoms with Crippen LogP contribution in [0.1, 0.15) is 25.0 Å². The number of aryl methyl sites for hydroxylation is 1. The van der Waals surface area contributed by atoms with Crippen LogP contribution in [-0.4, -0.2) is 22.3 Å². The van der Waals surface area contributed by atoms with Crippen LogP contribution < -0.4 is 5.73 Å². The molecule has 2 rings (SSSR count). The lowest BCUT2D eigenvalue weighted by Crippen LogP contribution is -2.23. The van der Waals surface area contributed by atoms with E-state index < -0.39 is 0 Å². The van der Waals surface area contributed by atoms with Crippen molar-refractivity contribution in [1.82, 2.24) is 9.55 Å². The standard InChI is InChI=1S/C10H17N3O/c1-8-10(11)13(7-12-8)5-6-14-9-3-2-4-9/h7,9H,2-6,11H2,1H3. The van der Waals surface area contributed by atoms with Crippen molar-refractivity contribution >= 4 is 5.82 Å². The fourth-order valence-electron chi connectivity index (χ4n) is 1.53. The molecule has 1 aliphatic rings.